The number of hydrogen-bond donors (Lipinski definition) is 1. The number of nitrogens with zero attached hydrogens (tertiary/aromatic N) is 4. The van der Waals surface area contributed by atoms with Crippen LogP contribution < -0.4 is 29.3 Å². The van der Waals surface area contributed by atoms with Crippen molar-refractivity contribution in [3.63, 3.8) is 0 Å². The molecule has 1 amide bonds. The van der Waals surface area contributed by atoms with Gasteiger partial charge in [0.25, 0.3) is 0 Å². The largest absolute Gasteiger partial charge is 0.486 e. The maximum absolute atomic E-state index is 14.8. The summed E-state index contributed by atoms with van der Waals surface area (Å²) in [6, 6.07) is 9.04. The van der Waals surface area contributed by atoms with E-state index in [2.05, 4.69) is 15.3 Å². The molecule has 5 heterocycles. The molecule has 2 saturated heterocycles. The van der Waals surface area contributed by atoms with Gasteiger partial charge in [-0.2, -0.15) is 0 Å². The summed E-state index contributed by atoms with van der Waals surface area (Å²) in [5.41, 5.74) is 2.23. The zero-order chi connectivity index (χ0) is 24.6. The summed E-state index contributed by atoms with van der Waals surface area (Å²) in [4.78, 5) is 24.7. The number of methoxy groups -OCH3 is 1. The summed E-state index contributed by atoms with van der Waals surface area (Å²) >= 11 is 0. The smallest absolute Gasteiger partial charge is 0.414 e. The van der Waals surface area contributed by atoms with Crippen molar-refractivity contribution in [1.29, 1.82) is 0 Å². The minimum atomic E-state index is -0.413. The summed E-state index contributed by atoms with van der Waals surface area (Å²) in [6.07, 6.45) is 1.36. The fraction of sp³-hybridized carbons (Fsp3) is 0.400. The Morgan fingerprint density at radius 2 is 2.03 bits per heavy atom. The van der Waals surface area contributed by atoms with E-state index in [1.165, 1.54) is 13.3 Å². The van der Waals surface area contributed by atoms with E-state index in [0.29, 0.717) is 79.2 Å². The molecular weight excluding hydrogens is 469 g/mol. The van der Waals surface area contributed by atoms with Crippen molar-refractivity contribution in [1.82, 2.24) is 15.3 Å². The van der Waals surface area contributed by atoms with Crippen molar-refractivity contribution in [2.75, 3.05) is 56.3 Å². The molecule has 2 fully saturated rings. The van der Waals surface area contributed by atoms with Gasteiger partial charge in [-0.15, -0.1) is 0 Å². The Balaban J connectivity index is 1.09. The standard InChI is InChI=1S/C25H26FN5O5/c1-33-22-5-3-19-23(29-22)24(18(26)12-28-19)30-7-6-15(13-30)27-11-17-14-31(25(32)36-17)16-2-4-20-21(10-16)35-9-8-34-20/h2-5,10,12,15,17,27H,6-9,11,13-14H2,1H3. The van der Waals surface area contributed by atoms with Gasteiger partial charge in [0.2, 0.25) is 5.88 Å². The average Bonchev–Trinajstić information content (AvgIpc) is 3.53. The van der Waals surface area contributed by atoms with Crippen LogP contribution in [0.3, 0.4) is 0 Å². The van der Waals surface area contributed by atoms with E-state index < -0.39 is 11.9 Å². The summed E-state index contributed by atoms with van der Waals surface area (Å²) in [6.45, 7) is 3.18. The van der Waals surface area contributed by atoms with E-state index in [1.54, 1.807) is 23.1 Å². The Bertz CT molecular complexity index is 1310. The number of cyclic esters (lactones) is 1. The van der Waals surface area contributed by atoms with Gasteiger partial charge in [0.15, 0.2) is 17.3 Å². The third-order valence-corrected chi connectivity index (χ3v) is 6.68. The number of fused-ring (bicyclic) bond motifs is 2. The van der Waals surface area contributed by atoms with E-state index in [-0.39, 0.29) is 12.1 Å². The second-order valence-corrected chi connectivity index (χ2v) is 8.96. The third kappa shape index (κ3) is 4.19. The minimum absolute atomic E-state index is 0.111. The molecule has 0 aliphatic carbocycles. The Morgan fingerprint density at radius 3 is 2.89 bits per heavy atom. The lowest BCUT2D eigenvalue weighted by atomic mass is 10.2. The van der Waals surface area contributed by atoms with Crippen LogP contribution in [0.5, 0.6) is 17.4 Å². The molecule has 1 N–H and O–H groups in total. The number of carbonyl (C=O) groups excluding carboxylic acids is 1. The number of pyridine rings is 2. The third-order valence-electron chi connectivity index (χ3n) is 6.68. The van der Waals surface area contributed by atoms with Crippen molar-refractivity contribution in [3.05, 3.63) is 42.3 Å². The second kappa shape index (κ2) is 9.30. The number of hydrogen-bond acceptors (Lipinski definition) is 9. The summed E-state index contributed by atoms with van der Waals surface area (Å²) in [5.74, 6) is 1.30. The molecule has 3 aliphatic rings. The van der Waals surface area contributed by atoms with Crippen molar-refractivity contribution >= 4 is 28.5 Å². The topological polar surface area (TPSA) is 98.3 Å². The Labute approximate surface area is 206 Å². The number of carbonyl (C=O) groups is 1. The highest BCUT2D eigenvalue weighted by Crippen LogP contribution is 2.35. The van der Waals surface area contributed by atoms with Crippen LogP contribution in [0.2, 0.25) is 0 Å². The van der Waals surface area contributed by atoms with Gasteiger partial charge < -0.3 is 29.2 Å². The number of anilines is 2. The van der Waals surface area contributed by atoms with Crippen LogP contribution in [0.25, 0.3) is 11.0 Å². The zero-order valence-corrected chi connectivity index (χ0v) is 19.8. The lowest BCUT2D eigenvalue weighted by Gasteiger charge is -2.21. The highest BCUT2D eigenvalue weighted by Gasteiger charge is 2.34. The van der Waals surface area contributed by atoms with Crippen LogP contribution in [0.15, 0.2) is 36.5 Å². The van der Waals surface area contributed by atoms with Crippen LogP contribution in [-0.2, 0) is 4.74 Å². The van der Waals surface area contributed by atoms with Gasteiger partial charge in [0.1, 0.15) is 30.5 Å². The molecule has 3 aromatic rings. The summed E-state index contributed by atoms with van der Waals surface area (Å²) < 4.78 is 36.8. The molecule has 2 atom stereocenters. The molecule has 36 heavy (non-hydrogen) atoms. The van der Waals surface area contributed by atoms with Crippen LogP contribution in [0, 0.1) is 5.82 Å². The monoisotopic (exact) mass is 495 g/mol. The minimum Gasteiger partial charge on any atom is -0.486 e. The maximum atomic E-state index is 14.8. The van der Waals surface area contributed by atoms with Crippen LogP contribution in [0.4, 0.5) is 20.6 Å². The lowest BCUT2D eigenvalue weighted by molar-refractivity contribution is 0.138. The van der Waals surface area contributed by atoms with Crippen molar-refractivity contribution in [2.45, 2.75) is 18.6 Å². The van der Waals surface area contributed by atoms with Gasteiger partial charge in [-0.05, 0) is 24.6 Å². The number of aromatic nitrogens is 2. The number of ether oxygens (including phenoxy) is 4. The number of halogens is 1. The fourth-order valence-electron chi connectivity index (χ4n) is 4.89. The molecule has 0 radical (unpaired) electrons. The SMILES string of the molecule is COc1ccc2ncc(F)c(N3CCC(NCC4CN(c5ccc6c(c5)OCCO6)C(=O)O4)C3)c2n1. The normalized spacial score (nSPS) is 21.2. The predicted molar refractivity (Wildman–Crippen MR) is 130 cm³/mol. The number of nitrogens with one attached hydrogen (secondary N) is 1. The van der Waals surface area contributed by atoms with Gasteiger partial charge in [0.05, 0.1) is 31.1 Å². The van der Waals surface area contributed by atoms with E-state index in [1.807, 2.05) is 17.0 Å². The highest BCUT2D eigenvalue weighted by atomic mass is 19.1. The Morgan fingerprint density at radius 1 is 1.17 bits per heavy atom. The summed E-state index contributed by atoms with van der Waals surface area (Å²) in [5, 5.41) is 3.48. The van der Waals surface area contributed by atoms with Crippen LogP contribution >= 0.6 is 0 Å². The van der Waals surface area contributed by atoms with Gasteiger partial charge >= 0.3 is 6.09 Å². The molecule has 0 spiro atoms. The van der Waals surface area contributed by atoms with E-state index >= 15 is 0 Å². The fourth-order valence-corrected chi connectivity index (χ4v) is 4.89. The van der Waals surface area contributed by atoms with E-state index in [4.69, 9.17) is 18.9 Å². The van der Waals surface area contributed by atoms with E-state index in [9.17, 15) is 9.18 Å². The second-order valence-electron chi connectivity index (χ2n) is 8.96. The molecule has 0 saturated carbocycles. The van der Waals surface area contributed by atoms with Gasteiger partial charge in [0, 0.05) is 37.8 Å². The first-order chi connectivity index (χ1) is 17.6. The lowest BCUT2D eigenvalue weighted by Crippen LogP contribution is -2.39. The van der Waals surface area contributed by atoms with Crippen molar-refractivity contribution in [3.8, 4) is 17.4 Å². The maximum Gasteiger partial charge on any atom is 0.414 e. The summed E-state index contributed by atoms with van der Waals surface area (Å²) in [7, 11) is 1.53. The van der Waals surface area contributed by atoms with Crippen LogP contribution in [-0.4, -0.2) is 74.7 Å². The van der Waals surface area contributed by atoms with Gasteiger partial charge in [-0.3, -0.25) is 9.88 Å². The number of rotatable bonds is 6. The Hall–Kier alpha value is -3.86. The van der Waals surface area contributed by atoms with Gasteiger partial charge in [-0.1, -0.05) is 0 Å². The number of benzene rings is 1. The molecule has 2 aromatic heterocycles. The van der Waals surface area contributed by atoms with E-state index in [0.717, 1.165) is 6.42 Å². The number of amides is 1. The van der Waals surface area contributed by atoms with Crippen molar-refractivity contribution in [2.24, 2.45) is 0 Å². The molecule has 11 heteroatoms. The molecule has 188 valence electrons. The van der Waals surface area contributed by atoms with Crippen LogP contribution in [0.1, 0.15) is 6.42 Å². The quantitative estimate of drug-likeness (QED) is 0.554. The molecule has 1 aromatic carbocycles. The molecule has 6 rings (SSSR count). The van der Waals surface area contributed by atoms with Crippen molar-refractivity contribution < 1.29 is 28.1 Å². The first kappa shape index (κ1) is 22.6. The van der Waals surface area contributed by atoms with Gasteiger partial charge in [-0.25, -0.2) is 14.2 Å². The Kier molecular flexibility index (Phi) is 5.84. The highest BCUT2D eigenvalue weighted by molar-refractivity contribution is 5.90. The first-order valence-electron chi connectivity index (χ1n) is 11.9. The molecule has 3 aliphatic heterocycles. The molecule has 10 nitrogen and oxygen atoms in total. The molecule has 2 unspecified atom stereocenters. The molecular formula is C25H26FN5O5. The first-order valence-corrected chi connectivity index (χ1v) is 11.9. The predicted octanol–water partition coefficient (Wildman–Crippen LogP) is 2.74. The molecule has 0 bridgehead atoms. The average molecular weight is 496 g/mol. The zero-order valence-electron chi connectivity index (χ0n) is 19.8.